The molecular weight excluding hydrogens is 298 g/mol. The number of H-pyrrole nitrogens is 1. The third-order valence-electron chi connectivity index (χ3n) is 2.69. The summed E-state index contributed by atoms with van der Waals surface area (Å²) >= 11 is 1.15. The summed E-state index contributed by atoms with van der Waals surface area (Å²) in [6.07, 6.45) is 0.717. The molecule has 1 aromatic carbocycles. The molecule has 0 radical (unpaired) electrons. The van der Waals surface area contributed by atoms with Crippen molar-refractivity contribution in [2.24, 2.45) is 0 Å². The van der Waals surface area contributed by atoms with Crippen molar-refractivity contribution in [1.82, 2.24) is 15.2 Å². The van der Waals surface area contributed by atoms with Crippen molar-refractivity contribution >= 4 is 23.4 Å². The minimum absolute atomic E-state index is 0.0573. The van der Waals surface area contributed by atoms with E-state index >= 15 is 0 Å². The SMILES string of the molecule is CCc1nc(S[C@@H](C)C(=O)Nc2ccc(F)cc2F)n[nH]1. The standard InChI is InChI=1S/C13H14F2N4OS/c1-3-11-17-13(19-18-11)21-7(2)12(20)16-10-5-4-8(14)6-9(10)15/h4-7H,3H2,1-2H3,(H,16,20)(H,17,18,19)/t7-/m0/s1. The molecule has 1 aromatic heterocycles. The van der Waals surface area contributed by atoms with Gasteiger partial charge in [-0.3, -0.25) is 9.89 Å². The minimum atomic E-state index is -0.813. The summed E-state index contributed by atoms with van der Waals surface area (Å²) in [5, 5.41) is 9.06. The van der Waals surface area contributed by atoms with Crippen molar-refractivity contribution in [1.29, 1.82) is 0 Å². The number of hydrogen-bond acceptors (Lipinski definition) is 4. The van der Waals surface area contributed by atoms with Crippen LogP contribution in [0.4, 0.5) is 14.5 Å². The number of nitrogens with one attached hydrogen (secondary N) is 2. The molecule has 0 spiro atoms. The van der Waals surface area contributed by atoms with Gasteiger partial charge < -0.3 is 5.32 Å². The van der Waals surface area contributed by atoms with E-state index in [1.54, 1.807) is 6.92 Å². The lowest BCUT2D eigenvalue weighted by Crippen LogP contribution is -2.23. The number of rotatable bonds is 5. The fraction of sp³-hybridized carbons (Fsp3) is 0.308. The van der Waals surface area contributed by atoms with E-state index in [0.717, 1.165) is 36.1 Å². The zero-order valence-corrected chi connectivity index (χ0v) is 12.3. The number of nitrogens with zero attached hydrogens (tertiary/aromatic N) is 2. The second kappa shape index (κ2) is 6.66. The van der Waals surface area contributed by atoms with Crippen LogP contribution < -0.4 is 5.32 Å². The number of aromatic nitrogens is 3. The Morgan fingerprint density at radius 2 is 2.24 bits per heavy atom. The van der Waals surface area contributed by atoms with Gasteiger partial charge in [0.2, 0.25) is 11.1 Å². The number of halogens is 2. The predicted molar refractivity (Wildman–Crippen MR) is 76.1 cm³/mol. The van der Waals surface area contributed by atoms with Crippen molar-refractivity contribution in [3.8, 4) is 0 Å². The summed E-state index contributed by atoms with van der Waals surface area (Å²) in [5.74, 6) is -1.18. The van der Waals surface area contributed by atoms with Gasteiger partial charge in [-0.05, 0) is 19.1 Å². The molecule has 0 saturated heterocycles. The predicted octanol–water partition coefficient (Wildman–Crippen LogP) is 2.76. The van der Waals surface area contributed by atoms with Crippen LogP contribution in [0.2, 0.25) is 0 Å². The van der Waals surface area contributed by atoms with E-state index in [9.17, 15) is 13.6 Å². The van der Waals surface area contributed by atoms with Crippen LogP contribution in [0, 0.1) is 11.6 Å². The second-order valence-electron chi connectivity index (χ2n) is 4.29. The minimum Gasteiger partial charge on any atom is -0.323 e. The van der Waals surface area contributed by atoms with Crippen LogP contribution in [0.3, 0.4) is 0 Å². The normalized spacial score (nSPS) is 12.2. The molecule has 21 heavy (non-hydrogen) atoms. The maximum Gasteiger partial charge on any atom is 0.237 e. The molecule has 5 nitrogen and oxygen atoms in total. The molecule has 0 aliphatic carbocycles. The smallest absolute Gasteiger partial charge is 0.237 e. The lowest BCUT2D eigenvalue weighted by Gasteiger charge is -2.10. The maximum atomic E-state index is 13.5. The van der Waals surface area contributed by atoms with Crippen LogP contribution in [0.5, 0.6) is 0 Å². The Balaban J connectivity index is 1.99. The molecule has 1 heterocycles. The fourth-order valence-electron chi connectivity index (χ4n) is 1.53. The van der Waals surface area contributed by atoms with Crippen LogP contribution in [0.25, 0.3) is 0 Å². The number of carbonyl (C=O) groups is 1. The van der Waals surface area contributed by atoms with E-state index in [4.69, 9.17) is 0 Å². The van der Waals surface area contributed by atoms with Gasteiger partial charge in [0.15, 0.2) is 0 Å². The Kier molecular flexibility index (Phi) is 4.89. The number of benzene rings is 1. The monoisotopic (exact) mass is 312 g/mol. The Morgan fingerprint density at radius 3 is 2.86 bits per heavy atom. The summed E-state index contributed by atoms with van der Waals surface area (Å²) in [4.78, 5) is 16.2. The molecular formula is C13H14F2N4OS. The van der Waals surface area contributed by atoms with Gasteiger partial charge in [0.25, 0.3) is 0 Å². The van der Waals surface area contributed by atoms with E-state index < -0.39 is 22.8 Å². The molecule has 0 bridgehead atoms. The topological polar surface area (TPSA) is 70.7 Å². The van der Waals surface area contributed by atoms with Gasteiger partial charge in [0, 0.05) is 12.5 Å². The zero-order valence-electron chi connectivity index (χ0n) is 11.5. The maximum absolute atomic E-state index is 13.5. The van der Waals surface area contributed by atoms with Crippen LogP contribution >= 0.6 is 11.8 Å². The highest BCUT2D eigenvalue weighted by Gasteiger charge is 2.18. The Bertz CT molecular complexity index is 647. The Hall–Kier alpha value is -1.96. The van der Waals surface area contributed by atoms with Gasteiger partial charge in [-0.1, -0.05) is 18.7 Å². The number of anilines is 1. The molecule has 0 aliphatic heterocycles. The summed E-state index contributed by atoms with van der Waals surface area (Å²) in [6, 6.07) is 2.98. The van der Waals surface area contributed by atoms with E-state index in [-0.39, 0.29) is 5.69 Å². The molecule has 2 aromatic rings. The zero-order chi connectivity index (χ0) is 15.4. The Morgan fingerprint density at radius 1 is 1.48 bits per heavy atom. The van der Waals surface area contributed by atoms with Crippen LogP contribution in [-0.4, -0.2) is 26.3 Å². The average Bonchev–Trinajstić information content (AvgIpc) is 2.89. The first-order valence-electron chi connectivity index (χ1n) is 6.33. The van der Waals surface area contributed by atoms with Gasteiger partial charge in [0.05, 0.1) is 10.9 Å². The molecule has 0 fully saturated rings. The number of thioether (sulfide) groups is 1. The van der Waals surface area contributed by atoms with Crippen molar-refractivity contribution in [2.45, 2.75) is 30.7 Å². The number of aromatic amines is 1. The van der Waals surface area contributed by atoms with Crippen molar-refractivity contribution in [3.63, 3.8) is 0 Å². The van der Waals surface area contributed by atoms with Gasteiger partial charge in [0.1, 0.15) is 17.5 Å². The van der Waals surface area contributed by atoms with Gasteiger partial charge >= 0.3 is 0 Å². The van der Waals surface area contributed by atoms with Crippen molar-refractivity contribution in [3.05, 3.63) is 35.7 Å². The first-order valence-corrected chi connectivity index (χ1v) is 7.21. The number of hydrogen-bond donors (Lipinski definition) is 2. The molecule has 1 amide bonds. The molecule has 0 aliphatic rings. The average molecular weight is 312 g/mol. The van der Waals surface area contributed by atoms with Gasteiger partial charge in [-0.15, -0.1) is 5.10 Å². The molecule has 2 N–H and O–H groups in total. The van der Waals surface area contributed by atoms with Crippen LogP contribution in [0.1, 0.15) is 19.7 Å². The summed E-state index contributed by atoms with van der Waals surface area (Å²) in [6.45, 7) is 3.59. The highest BCUT2D eigenvalue weighted by atomic mass is 32.2. The van der Waals surface area contributed by atoms with Crippen molar-refractivity contribution < 1.29 is 13.6 Å². The first-order chi connectivity index (χ1) is 9.99. The van der Waals surface area contributed by atoms with Gasteiger partial charge in [-0.25, -0.2) is 13.8 Å². The highest BCUT2D eigenvalue weighted by molar-refractivity contribution is 8.00. The van der Waals surface area contributed by atoms with E-state index in [0.29, 0.717) is 5.16 Å². The highest BCUT2D eigenvalue weighted by Crippen LogP contribution is 2.22. The lowest BCUT2D eigenvalue weighted by molar-refractivity contribution is -0.115. The molecule has 1 atom stereocenters. The summed E-state index contributed by atoms with van der Waals surface area (Å²) in [5.41, 5.74) is -0.0573. The molecule has 8 heteroatoms. The third-order valence-corrected chi connectivity index (χ3v) is 3.65. The van der Waals surface area contributed by atoms with E-state index in [2.05, 4.69) is 20.5 Å². The Labute approximate surface area is 124 Å². The number of amides is 1. The fourth-order valence-corrected chi connectivity index (χ4v) is 2.27. The number of carbonyl (C=O) groups excluding carboxylic acids is 1. The second-order valence-corrected chi connectivity index (χ2v) is 5.60. The molecule has 112 valence electrons. The third kappa shape index (κ3) is 4.01. The molecule has 2 rings (SSSR count). The summed E-state index contributed by atoms with van der Waals surface area (Å²) < 4.78 is 26.2. The summed E-state index contributed by atoms with van der Waals surface area (Å²) in [7, 11) is 0. The van der Waals surface area contributed by atoms with E-state index in [1.807, 2.05) is 6.92 Å². The van der Waals surface area contributed by atoms with E-state index in [1.165, 1.54) is 6.07 Å². The lowest BCUT2D eigenvalue weighted by atomic mass is 10.3. The number of aryl methyl sites for hydroxylation is 1. The van der Waals surface area contributed by atoms with Crippen LogP contribution in [-0.2, 0) is 11.2 Å². The first kappa shape index (κ1) is 15.4. The quantitative estimate of drug-likeness (QED) is 0.833. The van der Waals surface area contributed by atoms with Crippen molar-refractivity contribution in [2.75, 3.05) is 5.32 Å². The molecule has 0 unspecified atom stereocenters. The molecule has 0 saturated carbocycles. The van der Waals surface area contributed by atoms with Crippen LogP contribution in [0.15, 0.2) is 23.4 Å². The largest absolute Gasteiger partial charge is 0.323 e. The van der Waals surface area contributed by atoms with Gasteiger partial charge in [-0.2, -0.15) is 0 Å².